The van der Waals surface area contributed by atoms with Gasteiger partial charge in [0.05, 0.1) is 0 Å². The lowest BCUT2D eigenvalue weighted by Crippen LogP contribution is -2.37. The van der Waals surface area contributed by atoms with Crippen LogP contribution < -0.4 is 0 Å². The van der Waals surface area contributed by atoms with Gasteiger partial charge in [0.25, 0.3) is 0 Å². The van der Waals surface area contributed by atoms with Crippen molar-refractivity contribution in [3.8, 4) is 0 Å². The van der Waals surface area contributed by atoms with Gasteiger partial charge in [-0.2, -0.15) is 0 Å². The topological polar surface area (TPSA) is 3.24 Å². The summed E-state index contributed by atoms with van der Waals surface area (Å²) in [6.07, 6.45) is 38.9. The predicted octanol–water partition coefficient (Wildman–Crippen LogP) is 12.3. The van der Waals surface area contributed by atoms with Crippen molar-refractivity contribution in [2.24, 2.45) is 0 Å². The van der Waals surface area contributed by atoms with Crippen LogP contribution in [0.1, 0.15) is 201 Å². The number of unbranched alkanes of at least 4 members (excludes halogenated alkanes) is 21. The van der Waals surface area contributed by atoms with E-state index in [9.17, 15) is 0 Å². The van der Waals surface area contributed by atoms with Crippen molar-refractivity contribution >= 4 is 0 Å². The lowest BCUT2D eigenvalue weighted by Gasteiger charge is -2.32. The Kier molecular flexibility index (Phi) is 30.2. The maximum absolute atomic E-state index is 2.99. The molecule has 1 nitrogen and oxygen atoms in total. The number of nitrogens with zero attached hydrogens (tertiary/aromatic N) is 1. The molecule has 0 spiro atoms. The second-order valence-corrected chi connectivity index (χ2v) is 11.7. The Hall–Kier alpha value is -0.0400. The summed E-state index contributed by atoms with van der Waals surface area (Å²) in [6, 6.07) is 0.864. The fourth-order valence-corrected chi connectivity index (χ4v) is 5.67. The van der Waals surface area contributed by atoms with E-state index in [0.717, 1.165) is 6.04 Å². The fraction of sp³-hybridized carbons (Fsp3) is 1.00. The number of rotatable bonds is 30. The molecule has 1 atom stereocenters. The average Bonchev–Trinajstić information content (AvgIpc) is 2.87. The second kappa shape index (κ2) is 30.2. The molecule has 35 heavy (non-hydrogen) atoms. The molecule has 0 radical (unpaired) electrons. The van der Waals surface area contributed by atoms with Crippen molar-refractivity contribution in [3.63, 3.8) is 0 Å². The third-order valence-corrected chi connectivity index (χ3v) is 8.15. The molecule has 212 valence electrons. The molecule has 0 aromatic heterocycles. The first kappa shape index (κ1) is 35.0. The van der Waals surface area contributed by atoms with E-state index in [-0.39, 0.29) is 0 Å². The van der Waals surface area contributed by atoms with Gasteiger partial charge in [-0.15, -0.1) is 0 Å². The molecule has 1 heteroatoms. The third kappa shape index (κ3) is 25.4. The monoisotopic (exact) mass is 494 g/mol. The standard InChI is InChI=1S/C34H71N/c1-5-9-13-17-21-23-27-31-34(30-26-22-18-14-10-6-2)35(32-28-24-19-15-11-7-3)33-29-25-20-16-12-8-4/h34H,5-33H2,1-4H3. The van der Waals surface area contributed by atoms with E-state index >= 15 is 0 Å². The first-order valence-electron chi connectivity index (χ1n) is 17.0. The molecule has 0 aliphatic carbocycles. The normalized spacial score (nSPS) is 12.6. The Labute approximate surface area is 225 Å². The zero-order chi connectivity index (χ0) is 25.7. The minimum Gasteiger partial charge on any atom is -0.300 e. The zero-order valence-corrected chi connectivity index (χ0v) is 25.5. The fourth-order valence-electron chi connectivity index (χ4n) is 5.67. The SMILES string of the molecule is CCCCCCCCCC(CCCCCCCC)N(CCCCCCCC)CCCCCCCC. The zero-order valence-electron chi connectivity index (χ0n) is 25.5. The maximum atomic E-state index is 2.99. The molecule has 0 amide bonds. The van der Waals surface area contributed by atoms with Crippen LogP contribution in [-0.4, -0.2) is 24.0 Å². The van der Waals surface area contributed by atoms with Crippen molar-refractivity contribution in [1.82, 2.24) is 4.90 Å². The van der Waals surface area contributed by atoms with E-state index in [0.29, 0.717) is 0 Å². The lowest BCUT2D eigenvalue weighted by atomic mass is 9.97. The van der Waals surface area contributed by atoms with Crippen LogP contribution in [0, 0.1) is 0 Å². The van der Waals surface area contributed by atoms with Crippen LogP contribution in [0.5, 0.6) is 0 Å². The molecule has 0 fully saturated rings. The largest absolute Gasteiger partial charge is 0.300 e. The highest BCUT2D eigenvalue weighted by atomic mass is 15.1. The van der Waals surface area contributed by atoms with Gasteiger partial charge in [0, 0.05) is 6.04 Å². The molecule has 0 saturated heterocycles. The Balaban J connectivity index is 4.67. The Bertz CT molecular complexity index is 350. The van der Waals surface area contributed by atoms with Crippen LogP contribution in [0.25, 0.3) is 0 Å². The number of hydrogen-bond donors (Lipinski definition) is 0. The summed E-state index contributed by atoms with van der Waals surface area (Å²) in [6.45, 7) is 12.1. The van der Waals surface area contributed by atoms with Crippen LogP contribution in [0.2, 0.25) is 0 Å². The van der Waals surface area contributed by atoms with Gasteiger partial charge in [0.15, 0.2) is 0 Å². The highest BCUT2D eigenvalue weighted by Gasteiger charge is 2.17. The van der Waals surface area contributed by atoms with Crippen molar-refractivity contribution in [2.45, 2.75) is 207 Å². The Morgan fingerprint density at radius 2 is 0.571 bits per heavy atom. The molecule has 0 aliphatic heterocycles. The molecule has 0 rings (SSSR count). The van der Waals surface area contributed by atoms with E-state index in [1.54, 1.807) is 0 Å². The smallest absolute Gasteiger partial charge is 0.00952 e. The summed E-state index contributed by atoms with van der Waals surface area (Å²) in [4.78, 5) is 2.99. The van der Waals surface area contributed by atoms with Crippen molar-refractivity contribution in [3.05, 3.63) is 0 Å². The van der Waals surface area contributed by atoms with Crippen molar-refractivity contribution < 1.29 is 0 Å². The molecule has 0 aliphatic rings. The Morgan fingerprint density at radius 1 is 0.314 bits per heavy atom. The first-order valence-corrected chi connectivity index (χ1v) is 17.0. The average molecular weight is 494 g/mol. The molecule has 1 unspecified atom stereocenters. The summed E-state index contributed by atoms with van der Waals surface area (Å²) < 4.78 is 0. The van der Waals surface area contributed by atoms with E-state index < -0.39 is 0 Å². The van der Waals surface area contributed by atoms with Crippen LogP contribution in [-0.2, 0) is 0 Å². The van der Waals surface area contributed by atoms with Gasteiger partial charge < -0.3 is 4.90 Å². The van der Waals surface area contributed by atoms with Crippen molar-refractivity contribution in [2.75, 3.05) is 13.1 Å². The minimum atomic E-state index is 0.864. The molecular weight excluding hydrogens is 422 g/mol. The van der Waals surface area contributed by atoms with Gasteiger partial charge in [-0.3, -0.25) is 0 Å². The van der Waals surface area contributed by atoms with Crippen LogP contribution in [0.3, 0.4) is 0 Å². The van der Waals surface area contributed by atoms with E-state index in [4.69, 9.17) is 0 Å². The molecule has 0 aromatic carbocycles. The quantitative estimate of drug-likeness (QED) is 0.0899. The summed E-state index contributed by atoms with van der Waals surface area (Å²) in [5.41, 5.74) is 0. The maximum Gasteiger partial charge on any atom is 0.00952 e. The third-order valence-electron chi connectivity index (χ3n) is 8.15. The van der Waals surface area contributed by atoms with Gasteiger partial charge in [0.1, 0.15) is 0 Å². The highest BCUT2D eigenvalue weighted by molar-refractivity contribution is 4.73. The predicted molar refractivity (Wildman–Crippen MR) is 163 cm³/mol. The lowest BCUT2D eigenvalue weighted by molar-refractivity contribution is 0.163. The summed E-state index contributed by atoms with van der Waals surface area (Å²) in [7, 11) is 0. The molecular formula is C34H71N. The highest BCUT2D eigenvalue weighted by Crippen LogP contribution is 2.21. The van der Waals surface area contributed by atoms with E-state index in [1.807, 2.05) is 0 Å². The number of hydrogen-bond acceptors (Lipinski definition) is 1. The molecule has 0 saturated carbocycles. The van der Waals surface area contributed by atoms with Gasteiger partial charge in [0.2, 0.25) is 0 Å². The van der Waals surface area contributed by atoms with E-state index in [2.05, 4.69) is 32.6 Å². The summed E-state index contributed by atoms with van der Waals surface area (Å²) in [5.74, 6) is 0. The minimum absolute atomic E-state index is 0.864. The van der Waals surface area contributed by atoms with Crippen LogP contribution in [0.4, 0.5) is 0 Å². The van der Waals surface area contributed by atoms with Gasteiger partial charge >= 0.3 is 0 Å². The van der Waals surface area contributed by atoms with Gasteiger partial charge in [-0.1, -0.05) is 175 Å². The summed E-state index contributed by atoms with van der Waals surface area (Å²) in [5, 5.41) is 0. The molecule has 0 bridgehead atoms. The summed E-state index contributed by atoms with van der Waals surface area (Å²) >= 11 is 0. The van der Waals surface area contributed by atoms with Crippen LogP contribution >= 0.6 is 0 Å². The van der Waals surface area contributed by atoms with E-state index in [1.165, 1.54) is 186 Å². The van der Waals surface area contributed by atoms with Gasteiger partial charge in [-0.05, 0) is 38.8 Å². The molecule has 0 aromatic rings. The van der Waals surface area contributed by atoms with Gasteiger partial charge in [-0.25, -0.2) is 0 Å². The van der Waals surface area contributed by atoms with Crippen LogP contribution in [0.15, 0.2) is 0 Å². The first-order chi connectivity index (χ1) is 17.3. The second-order valence-electron chi connectivity index (χ2n) is 11.7. The Morgan fingerprint density at radius 3 is 0.886 bits per heavy atom. The molecule has 0 N–H and O–H groups in total. The molecule has 0 heterocycles. The van der Waals surface area contributed by atoms with Crippen molar-refractivity contribution in [1.29, 1.82) is 0 Å².